The van der Waals surface area contributed by atoms with Crippen molar-refractivity contribution in [3.05, 3.63) is 52.5 Å². The van der Waals surface area contributed by atoms with Gasteiger partial charge in [0, 0.05) is 16.1 Å². The molecule has 2 amide bonds. The third-order valence-electron chi connectivity index (χ3n) is 4.74. The molecule has 0 unspecified atom stereocenters. The lowest BCUT2D eigenvalue weighted by molar-refractivity contribution is -0.126. The number of fused-ring (bicyclic) bond motifs is 2. The number of halogens is 1. The Morgan fingerprint density at radius 1 is 0.963 bits per heavy atom. The number of ether oxygens (including phenoxy) is 2. The van der Waals surface area contributed by atoms with Gasteiger partial charge in [-0.05, 0) is 24.3 Å². The molecule has 2 aromatic rings. The molecule has 3 aliphatic rings. The fraction of sp³-hybridized carbons (Fsp3) is 0.211. The molecule has 0 spiro atoms. The molecule has 136 valence electrons. The zero-order chi connectivity index (χ0) is 18.5. The van der Waals surface area contributed by atoms with Gasteiger partial charge in [-0.1, -0.05) is 33.2 Å². The molecule has 0 bridgehead atoms. The van der Waals surface area contributed by atoms with Gasteiger partial charge in [-0.3, -0.25) is 9.59 Å². The number of benzene rings is 2. The Morgan fingerprint density at radius 2 is 1.70 bits per heavy atom. The lowest BCUT2D eigenvalue weighted by Crippen LogP contribution is -2.33. The molecule has 27 heavy (non-hydrogen) atoms. The zero-order valence-electron chi connectivity index (χ0n) is 13.9. The number of hydrogen-bond acceptors (Lipinski definition) is 6. The Bertz CT molecular complexity index is 988. The van der Waals surface area contributed by atoms with E-state index in [1.165, 1.54) is 0 Å². The number of oxime groups is 1. The van der Waals surface area contributed by atoms with Gasteiger partial charge in [-0.2, -0.15) is 0 Å². The first kappa shape index (κ1) is 16.3. The molecule has 1 fully saturated rings. The van der Waals surface area contributed by atoms with Crippen LogP contribution < -0.4 is 14.4 Å². The van der Waals surface area contributed by atoms with Gasteiger partial charge >= 0.3 is 0 Å². The fourth-order valence-electron chi connectivity index (χ4n) is 3.46. The number of amides is 2. The number of imide groups is 1. The van der Waals surface area contributed by atoms with Crippen molar-refractivity contribution in [3.63, 3.8) is 0 Å². The quantitative estimate of drug-likeness (QED) is 0.686. The molecule has 2 atom stereocenters. The highest BCUT2D eigenvalue weighted by molar-refractivity contribution is 9.10. The van der Waals surface area contributed by atoms with E-state index < -0.39 is 17.9 Å². The van der Waals surface area contributed by atoms with Gasteiger partial charge in [-0.15, -0.1) is 0 Å². The van der Waals surface area contributed by atoms with Crippen LogP contribution in [0.5, 0.6) is 11.5 Å². The lowest BCUT2D eigenvalue weighted by atomic mass is 9.94. The van der Waals surface area contributed by atoms with Gasteiger partial charge in [0.25, 0.3) is 5.91 Å². The molecule has 5 rings (SSSR count). The highest BCUT2D eigenvalue weighted by Crippen LogP contribution is 2.39. The average Bonchev–Trinajstić information content (AvgIpc) is 3.23. The van der Waals surface area contributed by atoms with Gasteiger partial charge in [0.1, 0.15) is 24.8 Å². The summed E-state index contributed by atoms with van der Waals surface area (Å²) < 4.78 is 12.0. The van der Waals surface area contributed by atoms with Crippen LogP contribution in [-0.2, 0) is 14.4 Å². The minimum atomic E-state index is -0.940. The van der Waals surface area contributed by atoms with E-state index in [1.807, 2.05) is 24.3 Å². The fourth-order valence-corrected chi connectivity index (χ4v) is 3.73. The summed E-state index contributed by atoms with van der Waals surface area (Å²) in [6.07, 6.45) is -0.940. The molecule has 1 saturated heterocycles. The van der Waals surface area contributed by atoms with Crippen LogP contribution >= 0.6 is 15.9 Å². The van der Waals surface area contributed by atoms with E-state index in [-0.39, 0.29) is 5.91 Å². The van der Waals surface area contributed by atoms with Crippen molar-refractivity contribution < 1.29 is 23.9 Å². The van der Waals surface area contributed by atoms with Crippen LogP contribution in [0.15, 0.2) is 52.1 Å². The number of carbonyl (C=O) groups is 2. The van der Waals surface area contributed by atoms with Crippen molar-refractivity contribution in [2.75, 3.05) is 18.1 Å². The Hall–Kier alpha value is -2.87. The van der Waals surface area contributed by atoms with Crippen LogP contribution in [0.4, 0.5) is 5.69 Å². The molecule has 7 nitrogen and oxygen atoms in total. The highest BCUT2D eigenvalue weighted by atomic mass is 79.9. The second-order valence-electron chi connectivity index (χ2n) is 6.33. The predicted octanol–water partition coefficient (Wildman–Crippen LogP) is 2.51. The van der Waals surface area contributed by atoms with E-state index in [0.717, 1.165) is 14.9 Å². The third kappa shape index (κ3) is 2.51. The van der Waals surface area contributed by atoms with Crippen molar-refractivity contribution in [3.8, 4) is 11.5 Å². The van der Waals surface area contributed by atoms with Crippen LogP contribution in [-0.4, -0.2) is 36.8 Å². The molecule has 0 radical (unpaired) electrons. The molecule has 2 aromatic carbocycles. The number of nitrogens with zero attached hydrogens (tertiary/aromatic N) is 2. The zero-order valence-corrected chi connectivity index (χ0v) is 15.5. The van der Waals surface area contributed by atoms with Crippen LogP contribution in [0.25, 0.3) is 0 Å². The molecule has 0 aromatic heterocycles. The smallest absolute Gasteiger partial charge is 0.278 e. The first-order chi connectivity index (χ1) is 13.1. The summed E-state index contributed by atoms with van der Waals surface area (Å²) in [6.45, 7) is 0.895. The van der Waals surface area contributed by atoms with E-state index in [4.69, 9.17) is 14.3 Å². The van der Waals surface area contributed by atoms with E-state index >= 15 is 0 Å². The van der Waals surface area contributed by atoms with Gasteiger partial charge in [0.05, 0.1) is 5.69 Å². The van der Waals surface area contributed by atoms with Crippen LogP contribution in [0.2, 0.25) is 0 Å². The van der Waals surface area contributed by atoms with Crippen LogP contribution in [0.3, 0.4) is 0 Å². The molecule has 3 heterocycles. The summed E-state index contributed by atoms with van der Waals surface area (Å²) in [6, 6.07) is 12.4. The number of rotatable bonds is 2. The SMILES string of the molecule is O=C1[C@H]2C(c3ccc(Br)cc3)=NO[C@H]2C(=O)N1c1ccc2c(c1)OCCO2. The van der Waals surface area contributed by atoms with E-state index in [0.29, 0.717) is 36.1 Å². The maximum Gasteiger partial charge on any atom is 0.278 e. The second kappa shape index (κ2) is 6.09. The Labute approximate surface area is 162 Å². The first-order valence-corrected chi connectivity index (χ1v) is 9.20. The maximum atomic E-state index is 13.1. The summed E-state index contributed by atoms with van der Waals surface area (Å²) in [7, 11) is 0. The molecule has 0 N–H and O–H groups in total. The largest absolute Gasteiger partial charge is 0.486 e. The van der Waals surface area contributed by atoms with Gasteiger partial charge < -0.3 is 14.3 Å². The van der Waals surface area contributed by atoms with E-state index in [9.17, 15) is 9.59 Å². The van der Waals surface area contributed by atoms with Crippen LogP contribution in [0.1, 0.15) is 5.56 Å². The topological polar surface area (TPSA) is 77.4 Å². The second-order valence-corrected chi connectivity index (χ2v) is 7.24. The van der Waals surface area contributed by atoms with Crippen molar-refractivity contribution >= 4 is 39.1 Å². The predicted molar refractivity (Wildman–Crippen MR) is 99.0 cm³/mol. The van der Waals surface area contributed by atoms with Crippen molar-refractivity contribution in [1.29, 1.82) is 0 Å². The molecular formula is C19H13BrN2O5. The number of hydrogen-bond donors (Lipinski definition) is 0. The van der Waals surface area contributed by atoms with Gasteiger partial charge in [0.15, 0.2) is 11.5 Å². The van der Waals surface area contributed by atoms with E-state index in [2.05, 4.69) is 21.1 Å². The molecule has 3 aliphatic heterocycles. The Kier molecular flexibility index (Phi) is 3.68. The normalized spacial score (nSPS) is 23.1. The minimum Gasteiger partial charge on any atom is -0.486 e. The highest BCUT2D eigenvalue weighted by Gasteiger charge is 2.56. The maximum absolute atomic E-state index is 13.1. The third-order valence-corrected chi connectivity index (χ3v) is 5.26. The van der Waals surface area contributed by atoms with Gasteiger partial charge in [-0.25, -0.2) is 4.90 Å². The summed E-state index contributed by atoms with van der Waals surface area (Å²) >= 11 is 3.38. The van der Waals surface area contributed by atoms with Crippen LogP contribution in [0, 0.1) is 5.92 Å². The monoisotopic (exact) mass is 428 g/mol. The van der Waals surface area contributed by atoms with Crippen molar-refractivity contribution in [1.82, 2.24) is 0 Å². The molecule has 0 aliphatic carbocycles. The average molecular weight is 429 g/mol. The van der Waals surface area contributed by atoms with Gasteiger partial charge in [0.2, 0.25) is 12.0 Å². The summed E-state index contributed by atoms with van der Waals surface area (Å²) in [5.74, 6) is -0.443. The van der Waals surface area contributed by atoms with Crippen molar-refractivity contribution in [2.45, 2.75) is 6.10 Å². The number of carbonyl (C=O) groups excluding carboxylic acids is 2. The Balaban J connectivity index is 1.49. The summed E-state index contributed by atoms with van der Waals surface area (Å²) in [5.41, 5.74) is 1.64. The van der Waals surface area contributed by atoms with Crippen molar-refractivity contribution in [2.24, 2.45) is 11.1 Å². The molecular weight excluding hydrogens is 416 g/mol. The summed E-state index contributed by atoms with van der Waals surface area (Å²) in [4.78, 5) is 32.4. The number of anilines is 1. The van der Waals surface area contributed by atoms with E-state index in [1.54, 1.807) is 18.2 Å². The molecule has 0 saturated carbocycles. The summed E-state index contributed by atoms with van der Waals surface area (Å²) in [5, 5.41) is 4.01. The minimum absolute atomic E-state index is 0.360. The lowest BCUT2D eigenvalue weighted by Gasteiger charge is -2.21. The molecule has 8 heteroatoms. The Morgan fingerprint density at radius 3 is 2.48 bits per heavy atom. The first-order valence-electron chi connectivity index (χ1n) is 8.40. The standard InChI is InChI=1S/C19H13BrN2O5/c20-11-3-1-10(2-4-11)16-15-17(27-21-16)19(24)22(18(15)23)12-5-6-13-14(9-12)26-8-7-25-13/h1-6,9,15,17H,7-8H2/t15-,17+/m0/s1.